The third-order valence-electron chi connectivity index (χ3n) is 4.54. The molecule has 140 valence electrons. The molecule has 1 aliphatic rings. The monoisotopic (exact) mass is 492 g/mol. The highest BCUT2D eigenvalue weighted by atomic mass is 127. The second-order valence-corrected chi connectivity index (χ2v) is 9.63. The average Bonchev–Trinajstić information content (AvgIpc) is 3.11. The number of rotatable bonds is 5. The summed E-state index contributed by atoms with van der Waals surface area (Å²) in [6.45, 7) is 1.84. The molecule has 0 amide bonds. The van der Waals surface area contributed by atoms with Crippen LogP contribution in [0.2, 0.25) is 0 Å². The van der Waals surface area contributed by atoms with Gasteiger partial charge in [0.1, 0.15) is 5.69 Å². The van der Waals surface area contributed by atoms with Gasteiger partial charge in [0.25, 0.3) is 0 Å². The number of hydrogen-bond donors (Lipinski definition) is 2. The van der Waals surface area contributed by atoms with E-state index in [0.29, 0.717) is 18.5 Å². The molecule has 2 aromatic carbocycles. The number of hydrogen-bond acceptors (Lipinski definition) is 3. The van der Waals surface area contributed by atoms with Gasteiger partial charge in [-0.3, -0.25) is 4.72 Å². The van der Waals surface area contributed by atoms with Gasteiger partial charge >= 0.3 is 0 Å². The Hall–Kier alpha value is -1.42. The van der Waals surface area contributed by atoms with E-state index in [1.54, 1.807) is 6.07 Å². The molecular formula is C18H19F2IN2O2S. The van der Waals surface area contributed by atoms with Crippen LogP contribution in [0.3, 0.4) is 0 Å². The van der Waals surface area contributed by atoms with Crippen LogP contribution in [0.15, 0.2) is 30.3 Å². The molecule has 2 aromatic rings. The molecule has 0 atom stereocenters. The number of halogens is 3. The Balaban J connectivity index is 1.97. The van der Waals surface area contributed by atoms with Crippen LogP contribution in [-0.2, 0) is 10.0 Å². The van der Waals surface area contributed by atoms with E-state index in [1.807, 2.05) is 19.1 Å². The standard InChI is InChI=1S/C18H19F2IN2O2S/c1-11-10-12(21)6-8-15(11)22-18-16(9-7-14(19)17(18)20)23-26(24,25)13-4-2-3-5-13/h6-10,13,22-23H,2-5H2,1H3. The van der Waals surface area contributed by atoms with E-state index in [0.717, 1.165) is 28.0 Å². The van der Waals surface area contributed by atoms with Gasteiger partial charge in [-0.05, 0) is 78.3 Å². The van der Waals surface area contributed by atoms with Crippen molar-refractivity contribution in [1.82, 2.24) is 0 Å². The molecule has 1 fully saturated rings. The summed E-state index contributed by atoms with van der Waals surface area (Å²) < 4.78 is 56.8. The normalized spacial score (nSPS) is 15.2. The fraction of sp³-hybridized carbons (Fsp3) is 0.333. The van der Waals surface area contributed by atoms with Gasteiger partial charge in [0.15, 0.2) is 11.6 Å². The quantitative estimate of drug-likeness (QED) is 0.557. The molecule has 4 nitrogen and oxygen atoms in total. The highest BCUT2D eigenvalue weighted by Crippen LogP contribution is 2.34. The number of benzene rings is 2. The molecule has 1 saturated carbocycles. The SMILES string of the molecule is Cc1cc(I)ccc1Nc1c(NS(=O)(=O)C2CCCC2)ccc(F)c1F. The first-order chi connectivity index (χ1) is 12.3. The molecule has 3 rings (SSSR count). The van der Waals surface area contributed by atoms with Crippen LogP contribution < -0.4 is 10.0 Å². The van der Waals surface area contributed by atoms with Crippen LogP contribution in [-0.4, -0.2) is 13.7 Å². The molecule has 2 N–H and O–H groups in total. The smallest absolute Gasteiger partial charge is 0.235 e. The maximum atomic E-state index is 14.4. The van der Waals surface area contributed by atoms with Crippen molar-refractivity contribution in [2.24, 2.45) is 0 Å². The lowest BCUT2D eigenvalue weighted by Gasteiger charge is -2.19. The third-order valence-corrected chi connectivity index (χ3v) is 7.06. The van der Waals surface area contributed by atoms with Crippen LogP contribution in [0.1, 0.15) is 31.2 Å². The predicted molar refractivity (Wildman–Crippen MR) is 108 cm³/mol. The molecule has 1 aliphatic carbocycles. The minimum atomic E-state index is -3.65. The minimum absolute atomic E-state index is 0.00810. The molecule has 26 heavy (non-hydrogen) atoms. The van der Waals surface area contributed by atoms with Crippen molar-refractivity contribution in [3.8, 4) is 0 Å². The fourth-order valence-electron chi connectivity index (χ4n) is 3.10. The van der Waals surface area contributed by atoms with E-state index < -0.39 is 26.9 Å². The summed E-state index contributed by atoms with van der Waals surface area (Å²) in [6.07, 6.45) is 2.88. The zero-order valence-corrected chi connectivity index (χ0v) is 17.1. The summed E-state index contributed by atoms with van der Waals surface area (Å²) in [5.41, 5.74) is 1.21. The van der Waals surface area contributed by atoms with E-state index >= 15 is 0 Å². The maximum absolute atomic E-state index is 14.4. The molecule has 0 spiro atoms. The lowest BCUT2D eigenvalue weighted by Crippen LogP contribution is -2.25. The molecule has 0 aliphatic heterocycles. The second-order valence-electron chi connectivity index (χ2n) is 6.42. The average molecular weight is 492 g/mol. The number of nitrogens with one attached hydrogen (secondary N) is 2. The van der Waals surface area contributed by atoms with Crippen molar-refractivity contribution >= 4 is 49.7 Å². The van der Waals surface area contributed by atoms with Gasteiger partial charge in [0.2, 0.25) is 10.0 Å². The fourth-order valence-corrected chi connectivity index (χ4v) is 5.34. The van der Waals surface area contributed by atoms with E-state index in [-0.39, 0.29) is 11.4 Å². The predicted octanol–water partition coefficient (Wildman–Crippen LogP) is 5.31. The van der Waals surface area contributed by atoms with E-state index in [4.69, 9.17) is 0 Å². The molecule has 0 unspecified atom stereocenters. The Bertz CT molecular complexity index is 929. The summed E-state index contributed by atoms with van der Waals surface area (Å²) >= 11 is 2.16. The zero-order chi connectivity index (χ0) is 18.9. The van der Waals surface area contributed by atoms with Gasteiger partial charge in [-0.15, -0.1) is 0 Å². The minimum Gasteiger partial charge on any atom is -0.351 e. The number of sulfonamides is 1. The van der Waals surface area contributed by atoms with E-state index in [9.17, 15) is 17.2 Å². The Morgan fingerprint density at radius 3 is 2.38 bits per heavy atom. The molecule has 0 aromatic heterocycles. The third kappa shape index (κ3) is 4.11. The molecule has 0 bridgehead atoms. The van der Waals surface area contributed by atoms with Crippen LogP contribution in [0.4, 0.5) is 25.8 Å². The highest BCUT2D eigenvalue weighted by molar-refractivity contribution is 14.1. The summed E-state index contributed by atoms with van der Waals surface area (Å²) in [7, 11) is -3.65. The summed E-state index contributed by atoms with van der Waals surface area (Å²) in [5.74, 6) is -2.16. The van der Waals surface area contributed by atoms with Gasteiger partial charge in [0, 0.05) is 9.26 Å². The van der Waals surface area contributed by atoms with Gasteiger partial charge in [-0.2, -0.15) is 0 Å². The summed E-state index contributed by atoms with van der Waals surface area (Å²) in [5, 5.41) is 2.35. The molecular weight excluding hydrogens is 473 g/mol. The molecule has 0 heterocycles. The molecule has 0 saturated heterocycles. The van der Waals surface area contributed by atoms with Crippen LogP contribution >= 0.6 is 22.6 Å². The van der Waals surface area contributed by atoms with E-state index in [2.05, 4.69) is 32.6 Å². The van der Waals surface area contributed by atoms with Gasteiger partial charge < -0.3 is 5.32 Å². The first-order valence-electron chi connectivity index (χ1n) is 8.31. The summed E-state index contributed by atoms with van der Waals surface area (Å²) in [4.78, 5) is 0. The largest absolute Gasteiger partial charge is 0.351 e. The Morgan fingerprint density at radius 1 is 1.08 bits per heavy atom. The van der Waals surface area contributed by atoms with Crippen molar-refractivity contribution in [1.29, 1.82) is 0 Å². The summed E-state index contributed by atoms with van der Waals surface area (Å²) in [6, 6.07) is 7.64. The van der Waals surface area contributed by atoms with Crippen LogP contribution in [0.5, 0.6) is 0 Å². The first kappa shape index (κ1) is 19.3. The van der Waals surface area contributed by atoms with Gasteiger partial charge in [0.05, 0.1) is 10.9 Å². The van der Waals surface area contributed by atoms with E-state index in [1.165, 1.54) is 6.07 Å². The first-order valence-corrected chi connectivity index (χ1v) is 10.9. The van der Waals surface area contributed by atoms with Crippen LogP contribution in [0, 0.1) is 22.1 Å². The Kier molecular flexibility index (Phi) is 5.71. The number of aryl methyl sites for hydroxylation is 1. The lowest BCUT2D eigenvalue weighted by atomic mass is 10.2. The lowest BCUT2D eigenvalue weighted by molar-refractivity contribution is 0.512. The second kappa shape index (κ2) is 7.67. The van der Waals surface area contributed by atoms with Crippen molar-refractivity contribution in [3.05, 3.63) is 51.1 Å². The van der Waals surface area contributed by atoms with Crippen molar-refractivity contribution in [2.75, 3.05) is 10.0 Å². The molecule has 0 radical (unpaired) electrons. The zero-order valence-electron chi connectivity index (χ0n) is 14.2. The van der Waals surface area contributed by atoms with Crippen molar-refractivity contribution in [2.45, 2.75) is 37.9 Å². The maximum Gasteiger partial charge on any atom is 0.235 e. The van der Waals surface area contributed by atoms with Crippen molar-refractivity contribution in [3.63, 3.8) is 0 Å². The Morgan fingerprint density at radius 2 is 1.73 bits per heavy atom. The van der Waals surface area contributed by atoms with Gasteiger partial charge in [-0.1, -0.05) is 12.8 Å². The molecule has 8 heteroatoms. The Labute approximate surface area is 165 Å². The number of anilines is 3. The van der Waals surface area contributed by atoms with Crippen molar-refractivity contribution < 1.29 is 17.2 Å². The van der Waals surface area contributed by atoms with Gasteiger partial charge in [-0.25, -0.2) is 17.2 Å². The topological polar surface area (TPSA) is 58.2 Å². The highest BCUT2D eigenvalue weighted by Gasteiger charge is 2.30. The van der Waals surface area contributed by atoms with Crippen LogP contribution in [0.25, 0.3) is 0 Å².